The molecule has 3 aromatic carbocycles. The first-order valence-corrected chi connectivity index (χ1v) is 22.6. The Hall–Kier alpha value is -6.21. The van der Waals surface area contributed by atoms with Crippen LogP contribution in [0, 0.1) is 0 Å². The number of carbonyl (C=O) groups is 6. The molecule has 0 saturated carbocycles. The summed E-state index contributed by atoms with van der Waals surface area (Å²) >= 11 is 2.77. The number of ether oxygens (including phenoxy) is 3. The van der Waals surface area contributed by atoms with Gasteiger partial charge in [-0.2, -0.15) is 0 Å². The SMILES string of the molecule is Cn1nnnc1SCC1=C(C(=O)OC(c2ccccc2)c2ccccc2)N2C(=O)[C@@H](NC(=O)Cc3ccc(NC(=O)CC[C@@H](NC(=O)OC(C)(C)C)C(=O)OC(C)(C)C)cc3)[C@@H]2SC1. The summed E-state index contributed by atoms with van der Waals surface area (Å²) in [5.41, 5.74) is 1.79. The van der Waals surface area contributed by atoms with Crippen molar-refractivity contribution in [2.45, 2.75) is 101 Å². The maximum Gasteiger partial charge on any atom is 0.408 e. The van der Waals surface area contributed by atoms with Crippen LogP contribution >= 0.6 is 23.5 Å². The highest BCUT2D eigenvalue weighted by Gasteiger charge is 2.54. The van der Waals surface area contributed by atoms with Crippen LogP contribution in [-0.4, -0.2) is 101 Å². The summed E-state index contributed by atoms with van der Waals surface area (Å²) < 4.78 is 18.5. The Morgan fingerprint density at radius 2 is 1.48 bits per heavy atom. The largest absolute Gasteiger partial charge is 0.458 e. The summed E-state index contributed by atoms with van der Waals surface area (Å²) in [5, 5.41) is 19.7. The van der Waals surface area contributed by atoms with Gasteiger partial charge in [-0.3, -0.25) is 19.3 Å². The van der Waals surface area contributed by atoms with Crippen molar-refractivity contribution in [1.82, 2.24) is 35.7 Å². The van der Waals surface area contributed by atoms with Gasteiger partial charge in [0.15, 0.2) is 6.10 Å². The van der Waals surface area contributed by atoms with E-state index in [1.807, 2.05) is 60.7 Å². The number of hydrogen-bond acceptors (Lipinski definition) is 14. The standard InChI is InChI=1S/C45H52N8O9S2/c1-44(2,3)61-40(57)32(47-43(59)62-45(4,5)6)22-23-33(54)46-31-20-18-27(19-21-31)24-34(55)48-35-38(56)53-36(30(25-63-39(35)53)26-64-42-49-50-51-52(42)7)41(58)60-37(28-14-10-8-11-15-28)29-16-12-9-13-17-29/h8-21,32,35,37,39H,22-26H2,1-7H3,(H,46,54)(H,47,59)(H,48,55)/t32-,35-,39+/m1/s1. The molecule has 0 radical (unpaired) electrons. The number of tetrazole rings is 1. The minimum Gasteiger partial charge on any atom is -0.458 e. The molecule has 3 atom stereocenters. The van der Waals surface area contributed by atoms with Gasteiger partial charge in [-0.05, 0) is 92.8 Å². The fourth-order valence-electron chi connectivity index (χ4n) is 6.71. The monoisotopic (exact) mass is 912 g/mol. The summed E-state index contributed by atoms with van der Waals surface area (Å²) in [6.45, 7) is 10.2. The number of rotatable bonds is 16. The molecule has 17 nitrogen and oxygen atoms in total. The topological polar surface area (TPSA) is 213 Å². The number of carbonyl (C=O) groups excluding carboxylic acids is 6. The zero-order valence-electron chi connectivity index (χ0n) is 36.7. The second kappa shape index (κ2) is 20.5. The van der Waals surface area contributed by atoms with E-state index in [9.17, 15) is 28.8 Å². The maximum absolute atomic E-state index is 14.3. The predicted molar refractivity (Wildman–Crippen MR) is 239 cm³/mol. The van der Waals surface area contributed by atoms with E-state index in [0.29, 0.717) is 33.5 Å². The van der Waals surface area contributed by atoms with Gasteiger partial charge in [0, 0.05) is 30.7 Å². The Balaban J connectivity index is 1.08. The first kappa shape index (κ1) is 47.3. The number of anilines is 1. The zero-order chi connectivity index (χ0) is 46.2. The number of benzene rings is 3. The van der Waals surface area contributed by atoms with E-state index in [1.54, 1.807) is 72.9 Å². The van der Waals surface area contributed by atoms with Crippen LogP contribution in [0.1, 0.15) is 77.2 Å². The maximum atomic E-state index is 14.3. The lowest BCUT2D eigenvalue weighted by atomic mass is 10.0. The summed E-state index contributed by atoms with van der Waals surface area (Å²) in [6.07, 6.45) is -1.78. The lowest BCUT2D eigenvalue weighted by Gasteiger charge is -2.49. The van der Waals surface area contributed by atoms with Crippen LogP contribution < -0.4 is 16.0 Å². The van der Waals surface area contributed by atoms with Crippen LogP contribution in [0.3, 0.4) is 0 Å². The normalized spacial score (nSPS) is 16.6. The van der Waals surface area contributed by atoms with Crippen LogP contribution in [0.5, 0.6) is 0 Å². The highest BCUT2D eigenvalue weighted by molar-refractivity contribution is 8.01. The van der Waals surface area contributed by atoms with Gasteiger partial charge in [0.2, 0.25) is 17.0 Å². The molecule has 3 N–H and O–H groups in total. The Morgan fingerprint density at radius 1 is 0.859 bits per heavy atom. The molecular weight excluding hydrogens is 861 g/mol. The highest BCUT2D eigenvalue weighted by atomic mass is 32.2. The Bertz CT molecular complexity index is 2320. The number of β-lactam (4-membered cyclic amide) rings is 1. The van der Waals surface area contributed by atoms with Crippen LogP contribution in [-0.2, 0) is 51.7 Å². The highest BCUT2D eigenvalue weighted by Crippen LogP contribution is 2.43. The van der Waals surface area contributed by atoms with Crippen LogP contribution in [0.4, 0.5) is 10.5 Å². The molecule has 338 valence electrons. The minimum atomic E-state index is -1.13. The van der Waals surface area contributed by atoms with Gasteiger partial charge >= 0.3 is 18.0 Å². The van der Waals surface area contributed by atoms with E-state index in [1.165, 1.54) is 33.1 Å². The molecule has 19 heteroatoms. The first-order chi connectivity index (χ1) is 30.3. The molecule has 0 unspecified atom stereocenters. The minimum absolute atomic E-state index is 0.0457. The van der Waals surface area contributed by atoms with E-state index >= 15 is 0 Å². The van der Waals surface area contributed by atoms with Gasteiger partial charge in [0.25, 0.3) is 5.91 Å². The lowest BCUT2D eigenvalue weighted by molar-refractivity contribution is -0.157. The third-order valence-electron chi connectivity index (χ3n) is 9.59. The Morgan fingerprint density at radius 3 is 2.06 bits per heavy atom. The molecule has 0 bridgehead atoms. The van der Waals surface area contributed by atoms with Crippen LogP contribution in [0.2, 0.25) is 0 Å². The number of amides is 4. The first-order valence-electron chi connectivity index (χ1n) is 20.6. The molecule has 0 aliphatic carbocycles. The number of alkyl carbamates (subject to hydrolysis) is 1. The van der Waals surface area contributed by atoms with E-state index in [-0.39, 0.29) is 25.0 Å². The molecule has 1 aromatic heterocycles. The van der Waals surface area contributed by atoms with Crippen molar-refractivity contribution in [2.24, 2.45) is 7.05 Å². The average Bonchev–Trinajstić information content (AvgIpc) is 3.66. The molecule has 0 spiro atoms. The molecule has 4 amide bonds. The van der Waals surface area contributed by atoms with Gasteiger partial charge in [0.05, 0.1) is 6.42 Å². The summed E-state index contributed by atoms with van der Waals surface area (Å²) in [4.78, 5) is 81.3. The molecule has 3 heterocycles. The van der Waals surface area contributed by atoms with Gasteiger partial charge in [0.1, 0.15) is 34.4 Å². The average molecular weight is 913 g/mol. The number of aromatic nitrogens is 4. The number of nitrogens with zero attached hydrogens (tertiary/aromatic N) is 5. The molecule has 1 fully saturated rings. The number of esters is 2. The summed E-state index contributed by atoms with van der Waals surface area (Å²) in [7, 11) is 1.71. The molecule has 4 aromatic rings. The number of aryl methyl sites for hydroxylation is 1. The predicted octanol–water partition coefficient (Wildman–Crippen LogP) is 5.49. The van der Waals surface area contributed by atoms with Crippen LogP contribution in [0.25, 0.3) is 0 Å². The summed E-state index contributed by atoms with van der Waals surface area (Å²) in [6, 6.07) is 23.3. The molecule has 2 aliphatic rings. The van der Waals surface area contributed by atoms with Gasteiger partial charge in [-0.1, -0.05) is 84.6 Å². The van der Waals surface area contributed by atoms with Gasteiger partial charge in [-0.15, -0.1) is 16.9 Å². The second-order valence-corrected chi connectivity index (χ2v) is 19.1. The van der Waals surface area contributed by atoms with Crippen molar-refractivity contribution < 1.29 is 43.0 Å². The molecule has 64 heavy (non-hydrogen) atoms. The van der Waals surface area contributed by atoms with Crippen molar-refractivity contribution in [2.75, 3.05) is 16.8 Å². The lowest BCUT2D eigenvalue weighted by Crippen LogP contribution is -2.70. The number of fused-ring (bicyclic) bond motifs is 1. The third-order valence-corrected chi connectivity index (χ3v) is 12.0. The van der Waals surface area contributed by atoms with Gasteiger partial charge < -0.3 is 30.2 Å². The van der Waals surface area contributed by atoms with E-state index in [4.69, 9.17) is 14.2 Å². The molecular formula is C45H52N8O9S2. The Kier molecular flexibility index (Phi) is 15.2. The summed E-state index contributed by atoms with van der Waals surface area (Å²) in [5.74, 6) is -1.92. The smallest absolute Gasteiger partial charge is 0.408 e. The zero-order valence-corrected chi connectivity index (χ0v) is 38.3. The molecule has 2 aliphatic heterocycles. The fraction of sp³-hybridized carbons (Fsp3) is 0.400. The van der Waals surface area contributed by atoms with E-state index in [2.05, 4.69) is 31.5 Å². The van der Waals surface area contributed by atoms with Crippen molar-refractivity contribution in [3.63, 3.8) is 0 Å². The van der Waals surface area contributed by atoms with E-state index < -0.39 is 70.5 Å². The quantitative estimate of drug-likeness (QED) is 0.0550. The van der Waals surface area contributed by atoms with Crippen LogP contribution in [0.15, 0.2) is 101 Å². The molecule has 1 saturated heterocycles. The second-order valence-electron chi connectivity index (χ2n) is 17.1. The number of thioether (sulfide) groups is 2. The number of hydrogen-bond donors (Lipinski definition) is 3. The third kappa shape index (κ3) is 12.7. The Labute approximate surface area is 379 Å². The van der Waals surface area contributed by atoms with Crippen molar-refractivity contribution in [3.05, 3.63) is 113 Å². The molecule has 6 rings (SSSR count). The van der Waals surface area contributed by atoms with Gasteiger partial charge in [-0.25, -0.2) is 19.1 Å². The van der Waals surface area contributed by atoms with Crippen molar-refractivity contribution in [3.8, 4) is 0 Å². The van der Waals surface area contributed by atoms with Crippen molar-refractivity contribution >= 4 is 65.0 Å². The fourth-order valence-corrected chi connectivity index (χ4v) is 9.05. The van der Waals surface area contributed by atoms with Crippen molar-refractivity contribution in [1.29, 1.82) is 0 Å². The van der Waals surface area contributed by atoms with E-state index in [0.717, 1.165) is 11.1 Å². The number of nitrogens with one attached hydrogen (secondary N) is 3.